The number of esters is 1. The van der Waals surface area contributed by atoms with Gasteiger partial charge < -0.3 is 19.0 Å². The topological polar surface area (TPSA) is 107 Å². The molecule has 0 fully saturated rings. The van der Waals surface area contributed by atoms with E-state index in [1.54, 1.807) is 31.4 Å². The van der Waals surface area contributed by atoms with Gasteiger partial charge in [-0.05, 0) is 36.4 Å². The number of hydrogen-bond donors (Lipinski definition) is 1. The van der Waals surface area contributed by atoms with Crippen LogP contribution in [-0.4, -0.2) is 28.2 Å². The van der Waals surface area contributed by atoms with Crippen molar-refractivity contribution in [2.24, 2.45) is 0 Å². The standard InChI is InChI=1S/C16H13N3O5/c1-22-11-6-4-10(5-7-11)14-18-13(24-19-14)9-23-16(21)12-3-2-8-17-15(12)20/h2-8H,9H2,1H3,(H,17,20). The third-order valence-electron chi connectivity index (χ3n) is 3.18. The number of methoxy groups -OCH3 is 1. The van der Waals surface area contributed by atoms with Gasteiger partial charge in [-0.3, -0.25) is 4.79 Å². The largest absolute Gasteiger partial charge is 0.497 e. The van der Waals surface area contributed by atoms with E-state index in [0.717, 1.165) is 5.56 Å². The minimum absolute atomic E-state index is 0.0904. The zero-order chi connectivity index (χ0) is 16.9. The van der Waals surface area contributed by atoms with E-state index in [0.29, 0.717) is 11.6 Å². The highest BCUT2D eigenvalue weighted by molar-refractivity contribution is 5.88. The molecule has 3 aromatic rings. The van der Waals surface area contributed by atoms with Gasteiger partial charge in [-0.15, -0.1) is 0 Å². The third-order valence-corrected chi connectivity index (χ3v) is 3.18. The molecule has 0 saturated heterocycles. The lowest BCUT2D eigenvalue weighted by Gasteiger charge is -2.00. The normalized spacial score (nSPS) is 10.4. The van der Waals surface area contributed by atoms with Crippen LogP contribution in [-0.2, 0) is 11.3 Å². The van der Waals surface area contributed by atoms with Gasteiger partial charge in [-0.25, -0.2) is 4.79 Å². The van der Waals surface area contributed by atoms with E-state index in [9.17, 15) is 9.59 Å². The lowest BCUT2D eigenvalue weighted by atomic mass is 10.2. The Labute approximate surface area is 136 Å². The number of carbonyl (C=O) groups excluding carboxylic acids is 1. The van der Waals surface area contributed by atoms with Crippen molar-refractivity contribution < 1.29 is 18.8 Å². The number of carbonyl (C=O) groups is 1. The maximum atomic E-state index is 11.8. The molecular weight excluding hydrogens is 314 g/mol. The smallest absolute Gasteiger partial charge is 0.344 e. The van der Waals surface area contributed by atoms with Crippen molar-refractivity contribution in [2.75, 3.05) is 7.11 Å². The second-order valence-corrected chi connectivity index (χ2v) is 4.73. The molecule has 8 heteroatoms. The van der Waals surface area contributed by atoms with Crippen molar-refractivity contribution in [2.45, 2.75) is 6.61 Å². The van der Waals surface area contributed by atoms with Gasteiger partial charge in [0.1, 0.15) is 11.3 Å². The fourth-order valence-corrected chi connectivity index (χ4v) is 1.96. The molecule has 0 amide bonds. The molecule has 24 heavy (non-hydrogen) atoms. The summed E-state index contributed by atoms with van der Waals surface area (Å²) in [6.07, 6.45) is 1.43. The minimum atomic E-state index is -0.763. The molecule has 1 N–H and O–H groups in total. The summed E-state index contributed by atoms with van der Waals surface area (Å²) < 4.78 is 15.1. The Balaban J connectivity index is 1.67. The van der Waals surface area contributed by atoms with Crippen molar-refractivity contribution in [3.05, 3.63) is 64.4 Å². The predicted molar refractivity (Wildman–Crippen MR) is 82.5 cm³/mol. The van der Waals surface area contributed by atoms with E-state index in [-0.39, 0.29) is 18.1 Å². The van der Waals surface area contributed by atoms with Crippen LogP contribution in [0.4, 0.5) is 0 Å². The average molecular weight is 327 g/mol. The summed E-state index contributed by atoms with van der Waals surface area (Å²) in [5.74, 6) is 0.438. The van der Waals surface area contributed by atoms with E-state index in [1.165, 1.54) is 18.3 Å². The maximum Gasteiger partial charge on any atom is 0.344 e. The molecule has 0 unspecified atom stereocenters. The highest BCUT2D eigenvalue weighted by Crippen LogP contribution is 2.19. The SMILES string of the molecule is COc1ccc(-c2noc(COC(=O)c3ccc[nH]c3=O)n2)cc1. The number of benzene rings is 1. The average Bonchev–Trinajstić information content (AvgIpc) is 3.09. The highest BCUT2D eigenvalue weighted by atomic mass is 16.6. The first-order valence-electron chi connectivity index (χ1n) is 6.99. The Morgan fingerprint density at radius 3 is 2.75 bits per heavy atom. The van der Waals surface area contributed by atoms with Crippen molar-refractivity contribution >= 4 is 5.97 Å². The molecule has 0 atom stereocenters. The van der Waals surface area contributed by atoms with Gasteiger partial charge in [0.05, 0.1) is 7.11 Å². The number of nitrogens with one attached hydrogen (secondary N) is 1. The number of rotatable bonds is 5. The van der Waals surface area contributed by atoms with Crippen molar-refractivity contribution in [3.8, 4) is 17.1 Å². The summed E-state index contributed by atoms with van der Waals surface area (Å²) in [4.78, 5) is 29.9. The van der Waals surface area contributed by atoms with Crippen molar-refractivity contribution in [1.82, 2.24) is 15.1 Å². The van der Waals surface area contributed by atoms with Crippen LogP contribution in [0, 0.1) is 0 Å². The fraction of sp³-hybridized carbons (Fsp3) is 0.125. The fourth-order valence-electron chi connectivity index (χ4n) is 1.96. The number of aromatic amines is 1. The van der Waals surface area contributed by atoms with Gasteiger partial charge in [-0.1, -0.05) is 5.16 Å². The summed E-state index contributed by atoms with van der Waals surface area (Å²) in [7, 11) is 1.58. The Bertz CT molecular complexity index is 898. The Kier molecular flexibility index (Phi) is 4.37. The van der Waals surface area contributed by atoms with Crippen LogP contribution < -0.4 is 10.3 Å². The first-order chi connectivity index (χ1) is 11.7. The number of pyridine rings is 1. The van der Waals surface area contributed by atoms with Crippen LogP contribution in [0.2, 0.25) is 0 Å². The molecule has 3 rings (SSSR count). The quantitative estimate of drug-likeness (QED) is 0.712. The van der Waals surface area contributed by atoms with Gasteiger partial charge in [-0.2, -0.15) is 4.98 Å². The first kappa shape index (κ1) is 15.5. The third kappa shape index (κ3) is 3.32. The number of H-pyrrole nitrogens is 1. The lowest BCUT2D eigenvalue weighted by molar-refractivity contribution is 0.0427. The van der Waals surface area contributed by atoms with E-state index < -0.39 is 11.5 Å². The molecule has 8 nitrogen and oxygen atoms in total. The molecule has 0 aliphatic rings. The molecule has 0 radical (unpaired) electrons. The summed E-state index contributed by atoms with van der Waals surface area (Å²) in [6, 6.07) is 10.0. The zero-order valence-corrected chi connectivity index (χ0v) is 12.7. The molecule has 0 bridgehead atoms. The summed E-state index contributed by atoms with van der Waals surface area (Å²) in [6.45, 7) is -0.226. The number of hydrogen-bond acceptors (Lipinski definition) is 7. The van der Waals surface area contributed by atoms with Crippen LogP contribution in [0.25, 0.3) is 11.4 Å². The number of aromatic nitrogens is 3. The summed E-state index contributed by atoms with van der Waals surface area (Å²) >= 11 is 0. The van der Waals surface area contributed by atoms with E-state index in [1.807, 2.05) is 0 Å². The van der Waals surface area contributed by atoms with E-state index >= 15 is 0 Å². The van der Waals surface area contributed by atoms with Gasteiger partial charge in [0.2, 0.25) is 5.82 Å². The molecule has 0 spiro atoms. The lowest BCUT2D eigenvalue weighted by Crippen LogP contribution is -2.18. The van der Waals surface area contributed by atoms with Crippen LogP contribution in [0.3, 0.4) is 0 Å². The van der Waals surface area contributed by atoms with E-state index in [2.05, 4.69) is 15.1 Å². The second-order valence-electron chi connectivity index (χ2n) is 4.73. The predicted octanol–water partition coefficient (Wildman–Crippen LogP) is 1.79. The van der Waals surface area contributed by atoms with Crippen LogP contribution >= 0.6 is 0 Å². The van der Waals surface area contributed by atoms with Crippen molar-refractivity contribution in [3.63, 3.8) is 0 Å². The maximum absolute atomic E-state index is 11.8. The Hall–Kier alpha value is -3.42. The van der Waals surface area contributed by atoms with Gasteiger partial charge in [0.15, 0.2) is 6.61 Å². The number of ether oxygens (including phenoxy) is 2. The van der Waals surface area contributed by atoms with E-state index in [4.69, 9.17) is 14.0 Å². The Morgan fingerprint density at radius 2 is 2.04 bits per heavy atom. The molecular formula is C16H13N3O5. The molecule has 122 valence electrons. The first-order valence-corrected chi connectivity index (χ1v) is 6.99. The van der Waals surface area contributed by atoms with Gasteiger partial charge >= 0.3 is 5.97 Å². The number of nitrogens with zero attached hydrogens (tertiary/aromatic N) is 2. The van der Waals surface area contributed by atoms with Crippen LogP contribution in [0.5, 0.6) is 5.75 Å². The molecule has 0 saturated carbocycles. The zero-order valence-electron chi connectivity index (χ0n) is 12.7. The minimum Gasteiger partial charge on any atom is -0.497 e. The molecule has 0 aliphatic heterocycles. The van der Waals surface area contributed by atoms with Crippen LogP contribution in [0.15, 0.2) is 51.9 Å². The molecule has 1 aromatic carbocycles. The molecule has 0 aliphatic carbocycles. The monoisotopic (exact) mass is 327 g/mol. The summed E-state index contributed by atoms with van der Waals surface area (Å²) in [5.41, 5.74) is 0.121. The van der Waals surface area contributed by atoms with Gasteiger partial charge in [0.25, 0.3) is 11.4 Å². The van der Waals surface area contributed by atoms with Gasteiger partial charge in [0, 0.05) is 11.8 Å². The van der Waals surface area contributed by atoms with Crippen molar-refractivity contribution in [1.29, 1.82) is 0 Å². The second kappa shape index (κ2) is 6.78. The summed E-state index contributed by atoms with van der Waals surface area (Å²) in [5, 5.41) is 3.82. The Morgan fingerprint density at radius 1 is 1.25 bits per heavy atom. The van der Waals surface area contributed by atoms with Crippen LogP contribution in [0.1, 0.15) is 16.2 Å². The highest BCUT2D eigenvalue weighted by Gasteiger charge is 2.14. The molecule has 2 aromatic heterocycles. The molecule has 2 heterocycles.